The van der Waals surface area contributed by atoms with Crippen LogP contribution in [0.2, 0.25) is 0 Å². The van der Waals surface area contributed by atoms with Crippen LogP contribution in [0.5, 0.6) is 0 Å². The molecule has 1 aliphatic rings. The van der Waals surface area contributed by atoms with E-state index in [1.165, 1.54) is 23.3 Å². The van der Waals surface area contributed by atoms with Gasteiger partial charge in [-0.1, -0.05) is 0 Å². The van der Waals surface area contributed by atoms with Gasteiger partial charge >= 0.3 is 0 Å². The van der Waals surface area contributed by atoms with Gasteiger partial charge in [0.1, 0.15) is 4.47 Å². The van der Waals surface area contributed by atoms with E-state index < -0.39 is 0 Å². The number of hydrogen-bond donors (Lipinski definition) is 1. The average Bonchev–Trinajstić information content (AvgIpc) is 2.79. The molecule has 1 aromatic rings. The van der Waals surface area contributed by atoms with Gasteiger partial charge in [0, 0.05) is 17.8 Å². The molecule has 18 heavy (non-hydrogen) atoms. The predicted molar refractivity (Wildman–Crippen MR) is 80.5 cm³/mol. The third kappa shape index (κ3) is 2.91. The van der Waals surface area contributed by atoms with Crippen molar-refractivity contribution >= 4 is 33.4 Å². The maximum atomic E-state index is 11.9. The van der Waals surface area contributed by atoms with Crippen LogP contribution in [0.4, 0.5) is 5.69 Å². The Kier molecular flexibility index (Phi) is 4.37. The molecule has 100 valence electrons. The Labute approximate surface area is 120 Å². The largest absolute Gasteiger partial charge is 0.381 e. The van der Waals surface area contributed by atoms with Gasteiger partial charge in [-0.05, 0) is 48.4 Å². The molecule has 2 heterocycles. The lowest BCUT2D eigenvalue weighted by atomic mass is 10.1. The van der Waals surface area contributed by atoms with Crippen LogP contribution >= 0.6 is 27.7 Å². The number of rotatable bonds is 4. The highest BCUT2D eigenvalue weighted by molar-refractivity contribution is 9.10. The second kappa shape index (κ2) is 5.65. The lowest BCUT2D eigenvalue weighted by molar-refractivity contribution is 0.609. The standard InChI is InChI=1S/C12H18BrN3OS/c1-3-16-11(17)10(13)9(7-15-16)14-8-12(2)5-4-6-18-12/h7,14H,3-6,8H2,1-2H3. The number of hydrogen-bond acceptors (Lipinski definition) is 4. The monoisotopic (exact) mass is 331 g/mol. The van der Waals surface area contributed by atoms with E-state index in [2.05, 4.69) is 33.3 Å². The number of halogens is 1. The van der Waals surface area contributed by atoms with E-state index in [0.717, 1.165) is 12.2 Å². The Morgan fingerprint density at radius 3 is 3.06 bits per heavy atom. The van der Waals surface area contributed by atoms with Gasteiger partial charge in [-0.3, -0.25) is 4.79 Å². The smallest absolute Gasteiger partial charge is 0.283 e. The third-order valence-corrected chi connectivity index (χ3v) is 5.54. The fourth-order valence-electron chi connectivity index (χ4n) is 2.07. The van der Waals surface area contributed by atoms with Crippen LogP contribution in [0.25, 0.3) is 0 Å². The zero-order valence-corrected chi connectivity index (χ0v) is 13.1. The Morgan fingerprint density at radius 2 is 2.44 bits per heavy atom. The number of aromatic nitrogens is 2. The topological polar surface area (TPSA) is 46.9 Å². The van der Waals surface area contributed by atoms with Crippen molar-refractivity contribution in [3.05, 3.63) is 21.0 Å². The molecule has 2 rings (SSSR count). The van der Waals surface area contributed by atoms with Crippen LogP contribution in [0.1, 0.15) is 26.7 Å². The lowest BCUT2D eigenvalue weighted by Gasteiger charge is -2.23. The first-order valence-electron chi connectivity index (χ1n) is 6.19. The molecule has 1 aliphatic heterocycles. The summed E-state index contributed by atoms with van der Waals surface area (Å²) in [5.74, 6) is 1.23. The zero-order valence-electron chi connectivity index (χ0n) is 10.7. The van der Waals surface area contributed by atoms with Gasteiger partial charge < -0.3 is 5.32 Å². The first kappa shape index (κ1) is 13.9. The second-order valence-electron chi connectivity index (χ2n) is 4.75. The molecule has 1 aromatic heterocycles. The maximum Gasteiger partial charge on any atom is 0.283 e. The maximum absolute atomic E-state index is 11.9. The minimum absolute atomic E-state index is 0.0771. The molecule has 1 atom stereocenters. The van der Waals surface area contributed by atoms with Crippen LogP contribution in [0.15, 0.2) is 15.5 Å². The normalized spacial score (nSPS) is 23.3. The fraction of sp³-hybridized carbons (Fsp3) is 0.667. The number of thioether (sulfide) groups is 1. The Morgan fingerprint density at radius 1 is 1.67 bits per heavy atom. The Balaban J connectivity index is 2.10. The Hall–Kier alpha value is -0.490. The van der Waals surface area contributed by atoms with Gasteiger partial charge in [0.2, 0.25) is 0 Å². The number of nitrogens with zero attached hydrogens (tertiary/aromatic N) is 2. The molecule has 0 aromatic carbocycles. The highest BCUT2D eigenvalue weighted by Crippen LogP contribution is 2.37. The van der Waals surface area contributed by atoms with E-state index in [1.54, 1.807) is 6.20 Å². The van der Waals surface area contributed by atoms with Gasteiger partial charge in [-0.15, -0.1) is 0 Å². The summed E-state index contributed by atoms with van der Waals surface area (Å²) in [4.78, 5) is 11.9. The summed E-state index contributed by atoms with van der Waals surface area (Å²) in [5, 5.41) is 7.47. The number of nitrogens with one attached hydrogen (secondary N) is 1. The van der Waals surface area contributed by atoms with Crippen LogP contribution in [0, 0.1) is 0 Å². The molecular weight excluding hydrogens is 314 g/mol. The molecule has 1 fully saturated rings. The highest BCUT2D eigenvalue weighted by atomic mass is 79.9. The predicted octanol–water partition coefficient (Wildman–Crippen LogP) is 2.72. The van der Waals surface area contributed by atoms with Crippen LogP contribution in [-0.4, -0.2) is 26.8 Å². The molecule has 1 saturated heterocycles. The highest BCUT2D eigenvalue weighted by Gasteiger charge is 2.29. The fourth-order valence-corrected chi connectivity index (χ4v) is 3.76. The number of anilines is 1. The average molecular weight is 332 g/mol. The van der Waals surface area contributed by atoms with E-state index in [-0.39, 0.29) is 10.3 Å². The van der Waals surface area contributed by atoms with Crippen molar-refractivity contribution in [2.45, 2.75) is 38.0 Å². The summed E-state index contributed by atoms with van der Waals surface area (Å²) < 4.78 is 2.30. The van der Waals surface area contributed by atoms with Crippen molar-refractivity contribution < 1.29 is 0 Å². The molecule has 0 spiro atoms. The van der Waals surface area contributed by atoms with Gasteiger partial charge in [0.15, 0.2) is 0 Å². The lowest BCUT2D eigenvalue weighted by Crippen LogP contribution is -2.29. The summed E-state index contributed by atoms with van der Waals surface area (Å²) in [7, 11) is 0. The van der Waals surface area contributed by atoms with Crippen LogP contribution in [-0.2, 0) is 6.54 Å². The second-order valence-corrected chi connectivity index (χ2v) is 7.22. The van der Waals surface area contributed by atoms with E-state index in [9.17, 15) is 4.79 Å². The first-order valence-corrected chi connectivity index (χ1v) is 7.97. The van der Waals surface area contributed by atoms with Gasteiger partial charge in [0.05, 0.1) is 11.9 Å². The molecule has 0 saturated carbocycles. The molecule has 1 unspecified atom stereocenters. The molecule has 0 bridgehead atoms. The quantitative estimate of drug-likeness (QED) is 0.921. The van der Waals surface area contributed by atoms with E-state index in [4.69, 9.17) is 0 Å². The minimum Gasteiger partial charge on any atom is -0.381 e. The summed E-state index contributed by atoms with van der Waals surface area (Å²) in [5.41, 5.74) is 0.713. The van der Waals surface area contributed by atoms with Crippen molar-refractivity contribution in [1.29, 1.82) is 0 Å². The summed E-state index contributed by atoms with van der Waals surface area (Å²) in [6.07, 6.45) is 4.22. The van der Waals surface area contributed by atoms with Crippen LogP contribution in [0.3, 0.4) is 0 Å². The summed E-state index contributed by atoms with van der Waals surface area (Å²) in [6.45, 7) is 5.63. The molecule has 1 N–H and O–H groups in total. The van der Waals surface area contributed by atoms with Crippen molar-refractivity contribution in [3.63, 3.8) is 0 Å². The SMILES string of the molecule is CCn1ncc(NCC2(C)CCCS2)c(Br)c1=O. The molecule has 6 heteroatoms. The zero-order chi connectivity index (χ0) is 13.2. The van der Waals surface area contributed by atoms with Gasteiger partial charge in [-0.2, -0.15) is 16.9 Å². The van der Waals surface area contributed by atoms with Crippen LogP contribution < -0.4 is 10.9 Å². The van der Waals surface area contributed by atoms with Crippen molar-refractivity contribution in [3.8, 4) is 0 Å². The number of aryl methyl sites for hydroxylation is 1. The van der Waals surface area contributed by atoms with Gasteiger partial charge in [-0.25, -0.2) is 4.68 Å². The molecule has 0 amide bonds. The van der Waals surface area contributed by atoms with Crippen molar-refractivity contribution in [2.75, 3.05) is 17.6 Å². The van der Waals surface area contributed by atoms with E-state index >= 15 is 0 Å². The minimum atomic E-state index is -0.0771. The van der Waals surface area contributed by atoms with Crippen molar-refractivity contribution in [2.24, 2.45) is 0 Å². The Bertz CT molecular complexity index is 483. The van der Waals surface area contributed by atoms with Gasteiger partial charge in [0.25, 0.3) is 5.56 Å². The molecule has 0 aliphatic carbocycles. The van der Waals surface area contributed by atoms with E-state index in [1.807, 2.05) is 18.7 Å². The first-order chi connectivity index (χ1) is 8.56. The summed E-state index contributed by atoms with van der Waals surface area (Å²) >= 11 is 5.36. The molecule has 0 radical (unpaired) electrons. The van der Waals surface area contributed by atoms with Crippen molar-refractivity contribution in [1.82, 2.24) is 9.78 Å². The summed E-state index contributed by atoms with van der Waals surface area (Å²) in [6, 6.07) is 0. The van der Waals surface area contributed by atoms with E-state index in [0.29, 0.717) is 11.0 Å². The molecule has 4 nitrogen and oxygen atoms in total. The molecular formula is C12H18BrN3OS. The third-order valence-electron chi connectivity index (χ3n) is 3.24.